The summed E-state index contributed by atoms with van der Waals surface area (Å²) in [5.74, 6) is -0.851. The molecule has 1 atom stereocenters. The number of amides is 1. The van der Waals surface area contributed by atoms with Crippen LogP contribution in [0.5, 0.6) is 5.75 Å². The monoisotopic (exact) mass is 277 g/mol. The van der Waals surface area contributed by atoms with Crippen molar-refractivity contribution in [1.29, 1.82) is 0 Å². The number of hydrogen-bond donors (Lipinski definition) is 1. The molecule has 1 fully saturated rings. The summed E-state index contributed by atoms with van der Waals surface area (Å²) in [6.45, 7) is 0.244. The van der Waals surface area contributed by atoms with Crippen molar-refractivity contribution in [2.75, 3.05) is 13.2 Å². The van der Waals surface area contributed by atoms with E-state index in [4.69, 9.17) is 9.84 Å². The van der Waals surface area contributed by atoms with Gasteiger partial charge in [-0.05, 0) is 37.1 Å². The fraction of sp³-hybridized carbons (Fsp3) is 0.357. The highest BCUT2D eigenvalue weighted by molar-refractivity contribution is 5.85. The van der Waals surface area contributed by atoms with Crippen LogP contribution in [-0.2, 0) is 9.59 Å². The summed E-state index contributed by atoms with van der Waals surface area (Å²) >= 11 is 0. The first kappa shape index (κ1) is 14.0. The normalized spacial score (nSPS) is 17.8. The first-order chi connectivity index (χ1) is 9.61. The van der Waals surface area contributed by atoms with E-state index >= 15 is 0 Å². The van der Waals surface area contributed by atoms with Crippen molar-refractivity contribution in [3.8, 4) is 5.75 Å². The molecule has 0 spiro atoms. The number of carboxylic acid groups (broad SMARTS) is 1. The quantitative estimate of drug-likeness (QED) is 0.810. The van der Waals surface area contributed by atoms with Crippen LogP contribution in [-0.4, -0.2) is 47.4 Å². The molecular weight excluding hydrogens is 262 g/mol. The van der Waals surface area contributed by atoms with Gasteiger partial charge >= 0.3 is 5.97 Å². The Morgan fingerprint density at radius 3 is 2.65 bits per heavy atom. The molecule has 0 aliphatic carbocycles. The van der Waals surface area contributed by atoms with E-state index in [0.29, 0.717) is 30.7 Å². The number of likely N-dealkylation sites (tertiary alicyclic amines) is 1. The Morgan fingerprint density at radius 1 is 1.35 bits per heavy atom. The average molecular weight is 277 g/mol. The molecule has 1 aromatic carbocycles. The highest BCUT2D eigenvalue weighted by atomic mass is 16.5. The minimum Gasteiger partial charge on any atom is -0.484 e. The molecule has 0 saturated carbocycles. The third-order valence-corrected chi connectivity index (χ3v) is 3.24. The number of rotatable bonds is 5. The van der Waals surface area contributed by atoms with Gasteiger partial charge in [-0.15, -0.1) is 0 Å². The largest absolute Gasteiger partial charge is 0.484 e. The zero-order valence-corrected chi connectivity index (χ0v) is 10.8. The molecule has 6 heteroatoms. The van der Waals surface area contributed by atoms with Gasteiger partial charge in [0.05, 0.1) is 0 Å². The van der Waals surface area contributed by atoms with Gasteiger partial charge < -0.3 is 14.7 Å². The minimum absolute atomic E-state index is 0.204. The first-order valence-corrected chi connectivity index (χ1v) is 6.32. The Labute approximate surface area is 115 Å². The summed E-state index contributed by atoms with van der Waals surface area (Å²) in [7, 11) is 0. The van der Waals surface area contributed by atoms with Gasteiger partial charge in [0.15, 0.2) is 6.61 Å². The molecule has 1 saturated heterocycles. The zero-order valence-electron chi connectivity index (χ0n) is 10.8. The minimum atomic E-state index is -0.980. The molecule has 0 aromatic heterocycles. The van der Waals surface area contributed by atoms with Crippen molar-refractivity contribution in [2.24, 2.45) is 0 Å². The Hall–Kier alpha value is -2.37. The Bertz CT molecular complexity index is 511. The van der Waals surface area contributed by atoms with Crippen molar-refractivity contribution >= 4 is 18.2 Å². The Kier molecular flexibility index (Phi) is 4.34. The number of ether oxygens (including phenoxy) is 1. The van der Waals surface area contributed by atoms with Crippen LogP contribution in [0.25, 0.3) is 0 Å². The number of carbonyl (C=O) groups is 3. The van der Waals surface area contributed by atoms with Gasteiger partial charge in [0.2, 0.25) is 0 Å². The maximum absolute atomic E-state index is 11.9. The van der Waals surface area contributed by atoms with E-state index in [2.05, 4.69) is 0 Å². The predicted octanol–water partition coefficient (Wildman–Crippen LogP) is 0.954. The van der Waals surface area contributed by atoms with Gasteiger partial charge in [0.25, 0.3) is 5.91 Å². The molecule has 2 rings (SSSR count). The zero-order chi connectivity index (χ0) is 14.5. The molecule has 1 amide bonds. The highest BCUT2D eigenvalue weighted by Crippen LogP contribution is 2.18. The van der Waals surface area contributed by atoms with Crippen LogP contribution in [0, 0.1) is 0 Å². The van der Waals surface area contributed by atoms with Crippen LogP contribution < -0.4 is 4.74 Å². The molecule has 20 heavy (non-hydrogen) atoms. The molecular formula is C14H15NO5. The number of aliphatic carboxylic acids is 1. The lowest BCUT2D eigenvalue weighted by atomic mass is 10.2. The molecule has 0 bridgehead atoms. The summed E-state index contributed by atoms with van der Waals surface area (Å²) in [5.41, 5.74) is 0.522. The third kappa shape index (κ3) is 3.14. The lowest BCUT2D eigenvalue weighted by molar-refractivity contribution is -0.148. The van der Waals surface area contributed by atoms with E-state index in [1.165, 1.54) is 4.90 Å². The van der Waals surface area contributed by atoms with E-state index < -0.39 is 12.0 Å². The number of carboxylic acids is 1. The smallest absolute Gasteiger partial charge is 0.326 e. The van der Waals surface area contributed by atoms with Gasteiger partial charge in [-0.2, -0.15) is 0 Å². The fourth-order valence-corrected chi connectivity index (χ4v) is 2.19. The van der Waals surface area contributed by atoms with Crippen LogP contribution in [0.4, 0.5) is 0 Å². The molecule has 1 unspecified atom stereocenters. The Morgan fingerprint density at radius 2 is 2.05 bits per heavy atom. The average Bonchev–Trinajstić information content (AvgIpc) is 2.95. The van der Waals surface area contributed by atoms with Crippen molar-refractivity contribution in [1.82, 2.24) is 4.90 Å². The number of hydrogen-bond acceptors (Lipinski definition) is 4. The second kappa shape index (κ2) is 6.18. The van der Waals surface area contributed by atoms with E-state index in [-0.39, 0.29) is 12.5 Å². The summed E-state index contributed by atoms with van der Waals surface area (Å²) in [4.78, 5) is 34.8. The maximum atomic E-state index is 11.9. The van der Waals surface area contributed by atoms with Crippen molar-refractivity contribution in [2.45, 2.75) is 18.9 Å². The fourth-order valence-electron chi connectivity index (χ4n) is 2.19. The van der Waals surface area contributed by atoms with Crippen LogP contribution >= 0.6 is 0 Å². The molecule has 6 nitrogen and oxygen atoms in total. The van der Waals surface area contributed by atoms with Crippen molar-refractivity contribution in [3.05, 3.63) is 29.8 Å². The van der Waals surface area contributed by atoms with Gasteiger partial charge in [0, 0.05) is 12.1 Å². The van der Waals surface area contributed by atoms with Crippen LogP contribution in [0.15, 0.2) is 24.3 Å². The van der Waals surface area contributed by atoms with Gasteiger partial charge in [-0.1, -0.05) is 0 Å². The maximum Gasteiger partial charge on any atom is 0.326 e. The number of benzene rings is 1. The molecule has 1 N–H and O–H groups in total. The highest BCUT2D eigenvalue weighted by Gasteiger charge is 2.33. The van der Waals surface area contributed by atoms with Gasteiger partial charge in [-0.25, -0.2) is 4.79 Å². The van der Waals surface area contributed by atoms with Crippen LogP contribution in [0.3, 0.4) is 0 Å². The van der Waals surface area contributed by atoms with Gasteiger partial charge in [0.1, 0.15) is 18.1 Å². The lowest BCUT2D eigenvalue weighted by Crippen LogP contribution is -2.42. The van der Waals surface area contributed by atoms with E-state index in [1.54, 1.807) is 24.3 Å². The molecule has 1 aliphatic rings. The summed E-state index contributed by atoms with van der Waals surface area (Å²) < 4.78 is 5.31. The van der Waals surface area contributed by atoms with Crippen molar-refractivity contribution < 1.29 is 24.2 Å². The molecule has 1 aliphatic heterocycles. The van der Waals surface area contributed by atoms with E-state index in [1.807, 2.05) is 0 Å². The number of nitrogens with zero attached hydrogens (tertiary/aromatic N) is 1. The summed E-state index contributed by atoms with van der Waals surface area (Å²) in [6.07, 6.45) is 1.89. The standard InChI is InChI=1S/C14H15NO5/c16-8-10-3-5-11(6-4-10)20-9-13(17)15-7-1-2-12(15)14(18)19/h3-6,8,12H,1-2,7,9H2,(H,18,19). The van der Waals surface area contributed by atoms with E-state index in [0.717, 1.165) is 6.29 Å². The van der Waals surface area contributed by atoms with Crippen LogP contribution in [0.2, 0.25) is 0 Å². The molecule has 0 radical (unpaired) electrons. The third-order valence-electron chi connectivity index (χ3n) is 3.24. The second-order valence-electron chi connectivity index (χ2n) is 4.56. The SMILES string of the molecule is O=Cc1ccc(OCC(=O)N2CCCC2C(=O)O)cc1. The lowest BCUT2D eigenvalue weighted by Gasteiger charge is -2.21. The summed E-state index contributed by atoms with van der Waals surface area (Å²) in [5, 5.41) is 9.01. The Balaban J connectivity index is 1.91. The molecule has 106 valence electrons. The van der Waals surface area contributed by atoms with Crippen LogP contribution in [0.1, 0.15) is 23.2 Å². The van der Waals surface area contributed by atoms with Crippen molar-refractivity contribution in [3.63, 3.8) is 0 Å². The second-order valence-corrected chi connectivity index (χ2v) is 4.56. The number of carbonyl (C=O) groups excluding carboxylic acids is 2. The van der Waals surface area contributed by atoms with Gasteiger partial charge in [-0.3, -0.25) is 9.59 Å². The number of aldehydes is 1. The van der Waals surface area contributed by atoms with E-state index in [9.17, 15) is 14.4 Å². The molecule has 1 aromatic rings. The summed E-state index contributed by atoms with van der Waals surface area (Å²) in [6, 6.07) is 5.61. The predicted molar refractivity (Wildman–Crippen MR) is 69.7 cm³/mol. The topological polar surface area (TPSA) is 83.9 Å². The molecule has 1 heterocycles. The first-order valence-electron chi connectivity index (χ1n) is 6.32.